The Labute approximate surface area is 96.4 Å². The minimum atomic E-state index is 0.971. The lowest BCUT2D eigenvalue weighted by atomic mass is 9.98. The summed E-state index contributed by atoms with van der Waals surface area (Å²) in [6.45, 7) is 0. The highest BCUT2D eigenvalue weighted by molar-refractivity contribution is 14.1. The van der Waals surface area contributed by atoms with E-state index in [0.29, 0.717) is 0 Å². The fraction of sp³-hybridized carbons (Fsp3) is 0.0833. The summed E-state index contributed by atoms with van der Waals surface area (Å²) < 4.78 is 1.31. The van der Waals surface area contributed by atoms with Gasteiger partial charge in [-0.05, 0) is 34.7 Å². The lowest BCUT2D eigenvalue weighted by molar-refractivity contribution is 1.44. The average Bonchev–Trinajstić information content (AvgIpc) is 2.56. The van der Waals surface area contributed by atoms with Gasteiger partial charge in [0.15, 0.2) is 0 Å². The molecule has 1 nitrogen and oxygen atoms in total. The Balaban J connectivity index is 2.23. The molecule has 14 heavy (non-hydrogen) atoms. The third-order valence-corrected chi connectivity index (χ3v) is 3.28. The monoisotopic (exact) mass is 293 g/mol. The number of fused-ring (bicyclic) bond motifs is 3. The molecule has 0 aromatic heterocycles. The van der Waals surface area contributed by atoms with E-state index in [1.165, 1.54) is 20.4 Å². The van der Waals surface area contributed by atoms with Crippen LogP contribution in [-0.2, 0) is 0 Å². The second-order valence-corrected chi connectivity index (χ2v) is 4.67. The Kier molecular flexibility index (Phi) is 1.83. The predicted octanol–water partition coefficient (Wildman–Crippen LogP) is 3.88. The van der Waals surface area contributed by atoms with E-state index in [1.807, 2.05) is 6.07 Å². The maximum Gasteiger partial charge on any atom is 0.0712 e. The molecule has 1 aliphatic heterocycles. The fourth-order valence-electron chi connectivity index (χ4n) is 1.87. The third-order valence-electron chi connectivity index (χ3n) is 2.53. The van der Waals surface area contributed by atoms with Crippen LogP contribution in [0, 0.1) is 0 Å². The molecule has 0 bridgehead atoms. The molecular formula is C12H8IN. The van der Waals surface area contributed by atoms with E-state index >= 15 is 0 Å². The lowest BCUT2D eigenvalue weighted by Crippen LogP contribution is -1.99. The number of benzene rings is 1. The van der Waals surface area contributed by atoms with E-state index in [4.69, 9.17) is 0 Å². The van der Waals surface area contributed by atoms with Crippen molar-refractivity contribution in [2.24, 2.45) is 4.99 Å². The molecule has 0 amide bonds. The van der Waals surface area contributed by atoms with Gasteiger partial charge in [-0.3, -0.25) is 4.99 Å². The van der Waals surface area contributed by atoms with Gasteiger partial charge in [-0.1, -0.05) is 24.3 Å². The van der Waals surface area contributed by atoms with Crippen LogP contribution in [0.5, 0.6) is 0 Å². The summed E-state index contributed by atoms with van der Waals surface area (Å²) in [5, 5.41) is 0. The molecule has 0 spiro atoms. The summed E-state index contributed by atoms with van der Waals surface area (Å²) in [6.07, 6.45) is 5.41. The van der Waals surface area contributed by atoms with E-state index in [0.717, 1.165) is 12.1 Å². The van der Waals surface area contributed by atoms with Gasteiger partial charge in [0.25, 0.3) is 0 Å². The van der Waals surface area contributed by atoms with E-state index in [9.17, 15) is 0 Å². The van der Waals surface area contributed by atoms with Gasteiger partial charge in [0, 0.05) is 21.1 Å². The number of nitrogens with zero attached hydrogens (tertiary/aromatic N) is 1. The van der Waals surface area contributed by atoms with Crippen LogP contribution >= 0.6 is 22.6 Å². The molecule has 2 aliphatic rings. The highest BCUT2D eigenvalue weighted by Gasteiger charge is 2.21. The normalized spacial score (nSPS) is 17.9. The molecule has 0 radical (unpaired) electrons. The molecule has 1 aliphatic carbocycles. The number of hydrogen-bond donors (Lipinski definition) is 0. The number of allylic oxidation sites excluding steroid dienone is 4. The van der Waals surface area contributed by atoms with Crippen LogP contribution in [-0.4, -0.2) is 5.71 Å². The maximum atomic E-state index is 4.61. The van der Waals surface area contributed by atoms with Crippen LogP contribution in [0.3, 0.4) is 0 Å². The first-order valence-electron chi connectivity index (χ1n) is 4.59. The van der Waals surface area contributed by atoms with Crippen molar-refractivity contribution in [1.29, 1.82) is 0 Å². The first-order chi connectivity index (χ1) is 6.84. The topological polar surface area (TPSA) is 12.4 Å². The molecule has 2 heteroatoms. The van der Waals surface area contributed by atoms with Gasteiger partial charge in [-0.2, -0.15) is 0 Å². The molecule has 0 atom stereocenters. The van der Waals surface area contributed by atoms with E-state index in [1.54, 1.807) is 0 Å². The predicted molar refractivity (Wildman–Crippen MR) is 68.2 cm³/mol. The van der Waals surface area contributed by atoms with E-state index in [-0.39, 0.29) is 0 Å². The second kappa shape index (κ2) is 3.05. The molecule has 0 N–H and O–H groups in total. The second-order valence-electron chi connectivity index (χ2n) is 3.43. The molecule has 0 unspecified atom stereocenters. The van der Waals surface area contributed by atoms with Crippen molar-refractivity contribution >= 4 is 39.6 Å². The third kappa shape index (κ3) is 1.17. The number of aliphatic imine (C=N–C) groups is 1. The zero-order chi connectivity index (χ0) is 9.54. The van der Waals surface area contributed by atoms with Gasteiger partial charge < -0.3 is 0 Å². The average molecular weight is 293 g/mol. The number of para-hydroxylation sites is 1. The first kappa shape index (κ1) is 8.41. The molecular weight excluding hydrogens is 285 g/mol. The molecule has 3 rings (SSSR count). The summed E-state index contributed by atoms with van der Waals surface area (Å²) in [5.41, 5.74) is 4.93. The minimum Gasteiger partial charge on any atom is -0.252 e. The van der Waals surface area contributed by atoms with Crippen LogP contribution in [0.15, 0.2) is 45.0 Å². The fourth-order valence-corrected chi connectivity index (χ4v) is 2.40. The van der Waals surface area contributed by atoms with Crippen LogP contribution in [0.25, 0.3) is 5.57 Å². The van der Waals surface area contributed by atoms with Crippen LogP contribution in [0.2, 0.25) is 0 Å². The van der Waals surface area contributed by atoms with Crippen LogP contribution in [0.1, 0.15) is 12.0 Å². The van der Waals surface area contributed by atoms with Crippen molar-refractivity contribution in [2.75, 3.05) is 0 Å². The van der Waals surface area contributed by atoms with Crippen molar-refractivity contribution < 1.29 is 0 Å². The largest absolute Gasteiger partial charge is 0.252 e. The van der Waals surface area contributed by atoms with Crippen LogP contribution < -0.4 is 0 Å². The van der Waals surface area contributed by atoms with Gasteiger partial charge in [-0.15, -0.1) is 0 Å². The SMILES string of the molecule is IC1=CCC2=Nc3ccccc3C2=C1. The highest BCUT2D eigenvalue weighted by Crippen LogP contribution is 2.38. The van der Waals surface area contributed by atoms with E-state index < -0.39 is 0 Å². The quantitative estimate of drug-likeness (QED) is 0.644. The van der Waals surface area contributed by atoms with Gasteiger partial charge in [-0.25, -0.2) is 0 Å². The molecule has 1 aromatic rings. The molecule has 68 valence electrons. The summed E-state index contributed by atoms with van der Waals surface area (Å²) in [7, 11) is 0. The number of halogens is 1. The summed E-state index contributed by atoms with van der Waals surface area (Å²) in [4.78, 5) is 4.61. The zero-order valence-electron chi connectivity index (χ0n) is 7.50. The summed E-state index contributed by atoms with van der Waals surface area (Å²) in [6, 6.07) is 8.34. The number of hydrogen-bond acceptors (Lipinski definition) is 1. The summed E-state index contributed by atoms with van der Waals surface area (Å²) >= 11 is 2.36. The Morgan fingerprint density at radius 3 is 3.00 bits per heavy atom. The molecule has 1 heterocycles. The van der Waals surface area contributed by atoms with Gasteiger partial charge in [0.2, 0.25) is 0 Å². The minimum absolute atomic E-state index is 0.971. The van der Waals surface area contributed by atoms with Gasteiger partial charge >= 0.3 is 0 Å². The smallest absolute Gasteiger partial charge is 0.0712 e. The zero-order valence-corrected chi connectivity index (χ0v) is 9.65. The summed E-state index contributed by atoms with van der Waals surface area (Å²) in [5.74, 6) is 0. The maximum absolute atomic E-state index is 4.61. The van der Waals surface area contributed by atoms with Crippen LogP contribution in [0.4, 0.5) is 5.69 Å². The first-order valence-corrected chi connectivity index (χ1v) is 5.67. The Hall–Kier alpha value is -0.900. The van der Waals surface area contributed by atoms with E-state index in [2.05, 4.69) is 57.9 Å². The Morgan fingerprint density at radius 2 is 2.07 bits per heavy atom. The van der Waals surface area contributed by atoms with Crippen molar-refractivity contribution in [1.82, 2.24) is 0 Å². The number of rotatable bonds is 0. The molecule has 1 aromatic carbocycles. The highest BCUT2D eigenvalue weighted by atomic mass is 127. The Morgan fingerprint density at radius 1 is 1.21 bits per heavy atom. The molecule has 0 saturated heterocycles. The standard InChI is InChI=1S/C12H8IN/c13-8-5-6-12-10(7-8)9-3-1-2-4-11(9)14-12/h1-5,7H,6H2. The van der Waals surface area contributed by atoms with Crippen molar-refractivity contribution in [3.8, 4) is 0 Å². The lowest BCUT2D eigenvalue weighted by Gasteiger charge is -2.07. The molecule has 0 saturated carbocycles. The molecule has 0 fully saturated rings. The van der Waals surface area contributed by atoms with Crippen molar-refractivity contribution in [2.45, 2.75) is 6.42 Å². The Bertz CT molecular complexity index is 495. The van der Waals surface area contributed by atoms with Gasteiger partial charge in [0.1, 0.15) is 0 Å². The van der Waals surface area contributed by atoms with Gasteiger partial charge in [0.05, 0.1) is 11.4 Å². The van der Waals surface area contributed by atoms with Crippen molar-refractivity contribution in [3.63, 3.8) is 0 Å². The van der Waals surface area contributed by atoms with Crippen molar-refractivity contribution in [3.05, 3.63) is 45.6 Å².